The average molecular weight is 439 g/mol. The molecule has 0 radical (unpaired) electrons. The Balaban J connectivity index is 1.84. The SMILES string of the molecule is C[C@@H](c1ccc(N)c(F)c1)[C@@H](NC(=O)c1cnns1)C(=O)N1CCC(=C(F)F)CC1. The fourth-order valence-corrected chi connectivity index (χ4v) is 3.70. The number of rotatable bonds is 5. The van der Waals surface area contributed by atoms with Gasteiger partial charge in [0.15, 0.2) is 0 Å². The van der Waals surface area contributed by atoms with E-state index in [2.05, 4.69) is 14.9 Å². The van der Waals surface area contributed by atoms with Gasteiger partial charge in [-0.15, -0.1) is 5.10 Å². The molecule has 0 aliphatic carbocycles. The van der Waals surface area contributed by atoms with E-state index < -0.39 is 35.7 Å². The number of hydrogen-bond donors (Lipinski definition) is 2. The van der Waals surface area contributed by atoms with Gasteiger partial charge >= 0.3 is 0 Å². The van der Waals surface area contributed by atoms with Gasteiger partial charge in [0.1, 0.15) is 16.7 Å². The molecule has 1 aliphatic heterocycles. The van der Waals surface area contributed by atoms with E-state index in [1.165, 1.54) is 23.2 Å². The van der Waals surface area contributed by atoms with Gasteiger partial charge in [-0.1, -0.05) is 17.5 Å². The van der Waals surface area contributed by atoms with E-state index in [9.17, 15) is 22.8 Å². The first-order valence-electron chi connectivity index (χ1n) is 9.23. The maximum absolute atomic E-state index is 14.0. The molecule has 1 aliphatic rings. The smallest absolute Gasteiger partial charge is 0.269 e. The lowest BCUT2D eigenvalue weighted by Gasteiger charge is -2.34. The van der Waals surface area contributed by atoms with Crippen LogP contribution < -0.4 is 11.1 Å². The molecule has 2 aromatic rings. The molecule has 2 heterocycles. The fraction of sp³-hybridized carbons (Fsp3) is 0.368. The predicted octanol–water partition coefficient (Wildman–Crippen LogP) is 2.93. The van der Waals surface area contributed by atoms with E-state index in [0.29, 0.717) is 5.56 Å². The first kappa shape index (κ1) is 21.8. The minimum absolute atomic E-state index is 0.0304. The fourth-order valence-electron chi connectivity index (χ4n) is 3.28. The average Bonchev–Trinajstić information content (AvgIpc) is 3.28. The van der Waals surface area contributed by atoms with Gasteiger partial charge in [-0.2, -0.15) is 8.78 Å². The zero-order valence-corrected chi connectivity index (χ0v) is 16.9. The highest BCUT2D eigenvalue weighted by Gasteiger charge is 2.34. The van der Waals surface area contributed by atoms with Crippen molar-refractivity contribution in [3.8, 4) is 0 Å². The minimum atomic E-state index is -1.71. The second kappa shape index (κ2) is 9.24. The summed E-state index contributed by atoms with van der Waals surface area (Å²) in [5.74, 6) is -2.20. The molecule has 0 bridgehead atoms. The van der Waals surface area contributed by atoms with Gasteiger partial charge in [0.05, 0.1) is 11.9 Å². The van der Waals surface area contributed by atoms with Gasteiger partial charge in [0, 0.05) is 19.0 Å². The lowest BCUT2D eigenvalue weighted by Crippen LogP contribution is -2.52. The van der Waals surface area contributed by atoms with Crippen LogP contribution in [0.3, 0.4) is 0 Å². The number of anilines is 1. The van der Waals surface area contributed by atoms with Crippen molar-refractivity contribution in [1.29, 1.82) is 0 Å². The van der Waals surface area contributed by atoms with Crippen molar-refractivity contribution in [1.82, 2.24) is 19.8 Å². The summed E-state index contributed by atoms with van der Waals surface area (Å²) in [7, 11) is 0. The number of carbonyl (C=O) groups is 2. The number of hydrogen-bond acceptors (Lipinski definition) is 6. The minimum Gasteiger partial charge on any atom is -0.396 e. The molecule has 3 rings (SSSR count). The molecule has 160 valence electrons. The summed E-state index contributed by atoms with van der Waals surface area (Å²) in [6.45, 7) is 1.90. The molecule has 30 heavy (non-hydrogen) atoms. The Kier molecular flexibility index (Phi) is 6.70. The Morgan fingerprint density at radius 2 is 1.97 bits per heavy atom. The van der Waals surface area contributed by atoms with Crippen molar-refractivity contribution < 1.29 is 22.8 Å². The van der Waals surface area contributed by atoms with Crippen LogP contribution in [0.5, 0.6) is 0 Å². The number of nitrogens with two attached hydrogens (primary N) is 1. The Labute approximate surface area is 174 Å². The molecule has 2 atom stereocenters. The molecule has 1 aromatic carbocycles. The molecule has 7 nitrogen and oxygen atoms in total. The van der Waals surface area contributed by atoms with Gasteiger partial charge < -0.3 is 16.0 Å². The quantitative estimate of drug-likeness (QED) is 0.698. The van der Waals surface area contributed by atoms with E-state index in [0.717, 1.165) is 11.5 Å². The van der Waals surface area contributed by atoms with Crippen molar-refractivity contribution >= 4 is 29.0 Å². The number of benzene rings is 1. The van der Waals surface area contributed by atoms with Crippen molar-refractivity contribution in [2.75, 3.05) is 18.8 Å². The molecule has 1 fully saturated rings. The molecule has 1 saturated heterocycles. The molecular weight excluding hydrogens is 419 g/mol. The van der Waals surface area contributed by atoms with Gasteiger partial charge in [-0.25, -0.2) is 4.39 Å². The van der Waals surface area contributed by atoms with E-state index in [1.807, 2.05) is 0 Å². The second-order valence-corrected chi connectivity index (χ2v) is 7.78. The third-order valence-electron chi connectivity index (χ3n) is 5.13. The molecule has 2 amide bonds. The first-order valence-corrected chi connectivity index (χ1v) is 10.00. The van der Waals surface area contributed by atoms with Crippen LogP contribution in [0.15, 0.2) is 36.0 Å². The number of nitrogen functional groups attached to an aromatic ring is 1. The summed E-state index contributed by atoms with van der Waals surface area (Å²) >= 11 is 0.872. The molecule has 0 saturated carbocycles. The molecule has 3 N–H and O–H groups in total. The predicted molar refractivity (Wildman–Crippen MR) is 105 cm³/mol. The highest BCUT2D eigenvalue weighted by atomic mass is 32.1. The summed E-state index contributed by atoms with van der Waals surface area (Å²) < 4.78 is 43.2. The van der Waals surface area contributed by atoms with Crippen LogP contribution in [-0.2, 0) is 4.79 Å². The number of piperidine rings is 1. The summed E-state index contributed by atoms with van der Waals surface area (Å²) in [6.07, 6.45) is -0.302. The number of halogens is 3. The third kappa shape index (κ3) is 4.78. The van der Waals surface area contributed by atoms with E-state index in [4.69, 9.17) is 5.73 Å². The normalized spacial score (nSPS) is 16.1. The zero-order chi connectivity index (χ0) is 21.8. The molecule has 1 aromatic heterocycles. The van der Waals surface area contributed by atoms with Gasteiger partial charge in [0.25, 0.3) is 12.0 Å². The number of amides is 2. The van der Waals surface area contributed by atoms with E-state index >= 15 is 0 Å². The highest BCUT2D eigenvalue weighted by molar-refractivity contribution is 7.07. The Morgan fingerprint density at radius 3 is 2.53 bits per heavy atom. The van der Waals surface area contributed by atoms with Crippen molar-refractivity contribution in [3.63, 3.8) is 0 Å². The Hall–Kier alpha value is -2.95. The van der Waals surface area contributed by atoms with Gasteiger partial charge in [-0.05, 0) is 47.6 Å². The highest BCUT2D eigenvalue weighted by Crippen LogP contribution is 2.27. The number of nitrogens with one attached hydrogen (secondary N) is 1. The number of likely N-dealkylation sites (tertiary alicyclic amines) is 1. The number of nitrogens with zero attached hydrogens (tertiary/aromatic N) is 3. The van der Waals surface area contributed by atoms with Crippen LogP contribution in [0, 0.1) is 5.82 Å². The van der Waals surface area contributed by atoms with Crippen molar-refractivity contribution in [2.24, 2.45) is 0 Å². The summed E-state index contributed by atoms with van der Waals surface area (Å²) in [5.41, 5.74) is 5.99. The molecule has 0 spiro atoms. The monoisotopic (exact) mass is 439 g/mol. The topological polar surface area (TPSA) is 101 Å². The Bertz CT molecular complexity index is 953. The van der Waals surface area contributed by atoms with Gasteiger partial charge in [-0.3, -0.25) is 9.59 Å². The summed E-state index contributed by atoms with van der Waals surface area (Å²) in [6, 6.07) is 3.15. The van der Waals surface area contributed by atoms with Crippen LogP contribution in [0.2, 0.25) is 0 Å². The lowest BCUT2D eigenvalue weighted by atomic mass is 9.91. The van der Waals surface area contributed by atoms with Crippen LogP contribution >= 0.6 is 11.5 Å². The van der Waals surface area contributed by atoms with Crippen LogP contribution in [0.1, 0.15) is 40.9 Å². The van der Waals surface area contributed by atoms with E-state index in [-0.39, 0.29) is 42.1 Å². The first-order chi connectivity index (χ1) is 14.3. The Morgan fingerprint density at radius 1 is 1.27 bits per heavy atom. The van der Waals surface area contributed by atoms with Crippen molar-refractivity contribution in [3.05, 3.63) is 52.3 Å². The van der Waals surface area contributed by atoms with Crippen LogP contribution in [0.25, 0.3) is 0 Å². The third-order valence-corrected chi connectivity index (χ3v) is 5.80. The van der Waals surface area contributed by atoms with Crippen LogP contribution in [-0.4, -0.2) is 45.4 Å². The van der Waals surface area contributed by atoms with Crippen LogP contribution in [0.4, 0.5) is 18.9 Å². The molecular formula is C19H20F3N5O2S. The summed E-state index contributed by atoms with van der Waals surface area (Å²) in [4.78, 5) is 27.4. The zero-order valence-electron chi connectivity index (χ0n) is 16.1. The maximum Gasteiger partial charge on any atom is 0.269 e. The lowest BCUT2D eigenvalue weighted by molar-refractivity contribution is -0.134. The number of aromatic nitrogens is 2. The van der Waals surface area contributed by atoms with Crippen molar-refractivity contribution in [2.45, 2.75) is 31.7 Å². The standard InChI is InChI=1S/C19H20F3N5O2S/c1-10(12-2-3-14(23)13(20)8-12)16(25-18(28)15-9-24-26-30-15)19(29)27-6-4-11(5-7-27)17(21)22/h2-3,8-10,16H,4-7,23H2,1H3,(H,25,28)/t10-,16+/m0/s1. The largest absolute Gasteiger partial charge is 0.396 e. The summed E-state index contributed by atoms with van der Waals surface area (Å²) in [5, 5.41) is 6.28. The molecule has 11 heteroatoms. The van der Waals surface area contributed by atoms with E-state index in [1.54, 1.807) is 13.0 Å². The molecule has 0 unspecified atom stereocenters. The van der Waals surface area contributed by atoms with Gasteiger partial charge in [0.2, 0.25) is 5.91 Å². The number of carbonyl (C=O) groups excluding carboxylic acids is 2. The second-order valence-electron chi connectivity index (χ2n) is 6.99. The maximum atomic E-state index is 14.0.